The summed E-state index contributed by atoms with van der Waals surface area (Å²) in [6.45, 7) is 3.15. The number of carbonyl (C=O) groups excluding carboxylic acids is 2. The first-order valence-corrected chi connectivity index (χ1v) is 6.29. The molecule has 0 bridgehead atoms. The molecule has 17 heavy (non-hydrogen) atoms. The number of amides is 2. The van der Waals surface area contributed by atoms with Gasteiger partial charge < -0.3 is 16.0 Å². The molecule has 0 aliphatic heterocycles. The smallest absolute Gasteiger partial charge is 0.239 e. The van der Waals surface area contributed by atoms with Gasteiger partial charge in [0.2, 0.25) is 11.8 Å². The van der Waals surface area contributed by atoms with Crippen LogP contribution in [0.25, 0.3) is 0 Å². The van der Waals surface area contributed by atoms with Gasteiger partial charge in [-0.1, -0.05) is 13.3 Å². The van der Waals surface area contributed by atoms with E-state index in [9.17, 15) is 9.59 Å². The maximum atomic E-state index is 12.4. The molecule has 0 aromatic rings. The topological polar surface area (TPSA) is 75.4 Å². The largest absolute Gasteiger partial charge is 0.358 e. The van der Waals surface area contributed by atoms with Crippen LogP contribution in [-0.2, 0) is 9.59 Å². The second kappa shape index (κ2) is 6.00. The minimum atomic E-state index is -0.386. The third-order valence-electron chi connectivity index (χ3n) is 3.55. The summed E-state index contributed by atoms with van der Waals surface area (Å²) in [5, 5.41) is 2.55. The number of likely N-dealkylation sites (N-methyl/N-ethyl adjacent to an activating group) is 1. The first kappa shape index (κ1) is 14.0. The minimum absolute atomic E-state index is 0.0525. The van der Waals surface area contributed by atoms with Crippen molar-refractivity contribution in [2.24, 2.45) is 11.1 Å². The van der Waals surface area contributed by atoms with Crippen molar-refractivity contribution in [3.05, 3.63) is 0 Å². The van der Waals surface area contributed by atoms with Crippen molar-refractivity contribution in [1.82, 2.24) is 10.2 Å². The van der Waals surface area contributed by atoms with Crippen LogP contribution in [0.2, 0.25) is 0 Å². The Kier molecular flexibility index (Phi) is 4.93. The highest BCUT2D eigenvalue weighted by molar-refractivity contribution is 5.88. The molecule has 5 heteroatoms. The van der Waals surface area contributed by atoms with Gasteiger partial charge >= 0.3 is 0 Å². The van der Waals surface area contributed by atoms with Crippen LogP contribution in [0.1, 0.15) is 32.6 Å². The molecule has 0 saturated heterocycles. The summed E-state index contributed by atoms with van der Waals surface area (Å²) in [6.07, 6.45) is 3.62. The van der Waals surface area contributed by atoms with E-state index >= 15 is 0 Å². The first-order valence-electron chi connectivity index (χ1n) is 6.29. The molecule has 1 aliphatic rings. The van der Waals surface area contributed by atoms with Gasteiger partial charge in [0.15, 0.2) is 0 Å². The fourth-order valence-corrected chi connectivity index (χ4v) is 2.22. The second-order valence-electron chi connectivity index (χ2n) is 4.74. The number of rotatable bonds is 6. The summed E-state index contributed by atoms with van der Waals surface area (Å²) in [7, 11) is 1.58. The van der Waals surface area contributed by atoms with Crippen LogP contribution in [0.15, 0.2) is 0 Å². The summed E-state index contributed by atoms with van der Waals surface area (Å²) in [5.74, 6) is -0.0741. The minimum Gasteiger partial charge on any atom is -0.358 e. The quantitative estimate of drug-likeness (QED) is 0.692. The lowest BCUT2D eigenvalue weighted by Gasteiger charge is -2.42. The lowest BCUT2D eigenvalue weighted by atomic mass is 9.68. The lowest BCUT2D eigenvalue weighted by molar-refractivity contribution is -0.149. The van der Waals surface area contributed by atoms with E-state index in [0.717, 1.165) is 25.7 Å². The number of hydrogen-bond donors (Lipinski definition) is 2. The Hall–Kier alpha value is -1.10. The molecule has 0 radical (unpaired) electrons. The van der Waals surface area contributed by atoms with Crippen molar-refractivity contribution < 1.29 is 9.59 Å². The van der Waals surface area contributed by atoms with Gasteiger partial charge in [-0.05, 0) is 19.3 Å². The average molecular weight is 241 g/mol. The molecule has 0 aromatic heterocycles. The van der Waals surface area contributed by atoms with E-state index in [1.165, 1.54) is 0 Å². The van der Waals surface area contributed by atoms with Crippen molar-refractivity contribution in [1.29, 1.82) is 0 Å². The van der Waals surface area contributed by atoms with Gasteiger partial charge in [0.25, 0.3) is 0 Å². The normalized spacial score (nSPS) is 17.1. The molecule has 1 aliphatic carbocycles. The predicted octanol–water partition coefficient (Wildman–Crippen LogP) is 0.100. The Morgan fingerprint density at radius 1 is 1.41 bits per heavy atom. The molecule has 1 saturated carbocycles. The number of nitrogens with two attached hydrogens (primary N) is 1. The van der Waals surface area contributed by atoms with E-state index < -0.39 is 0 Å². The molecule has 5 nitrogen and oxygen atoms in total. The average Bonchev–Trinajstić information content (AvgIpc) is 2.27. The van der Waals surface area contributed by atoms with Gasteiger partial charge in [-0.3, -0.25) is 9.59 Å². The highest BCUT2D eigenvalue weighted by Gasteiger charge is 2.45. The van der Waals surface area contributed by atoms with E-state index in [1.54, 1.807) is 11.9 Å². The van der Waals surface area contributed by atoms with Crippen molar-refractivity contribution in [3.8, 4) is 0 Å². The van der Waals surface area contributed by atoms with Crippen LogP contribution >= 0.6 is 0 Å². The van der Waals surface area contributed by atoms with Crippen molar-refractivity contribution in [2.75, 3.05) is 26.7 Å². The molecule has 1 rings (SSSR count). The van der Waals surface area contributed by atoms with Gasteiger partial charge in [0, 0.05) is 20.1 Å². The third kappa shape index (κ3) is 2.97. The van der Waals surface area contributed by atoms with Crippen LogP contribution in [0.3, 0.4) is 0 Å². The fourth-order valence-electron chi connectivity index (χ4n) is 2.22. The number of carbonyl (C=O) groups is 2. The van der Waals surface area contributed by atoms with E-state index in [-0.39, 0.29) is 23.8 Å². The van der Waals surface area contributed by atoms with Gasteiger partial charge in [-0.15, -0.1) is 0 Å². The monoisotopic (exact) mass is 241 g/mol. The highest BCUT2D eigenvalue weighted by atomic mass is 16.2. The Morgan fingerprint density at radius 2 is 2.06 bits per heavy atom. The Labute approximate surface area is 103 Å². The molecule has 0 aromatic carbocycles. The molecular weight excluding hydrogens is 218 g/mol. The van der Waals surface area contributed by atoms with Gasteiger partial charge in [-0.2, -0.15) is 0 Å². The lowest BCUT2D eigenvalue weighted by Crippen LogP contribution is -2.54. The van der Waals surface area contributed by atoms with Gasteiger partial charge in [0.05, 0.1) is 12.0 Å². The van der Waals surface area contributed by atoms with Crippen LogP contribution in [0, 0.1) is 5.41 Å². The van der Waals surface area contributed by atoms with E-state index in [1.807, 2.05) is 6.92 Å². The molecule has 0 unspecified atom stereocenters. The maximum Gasteiger partial charge on any atom is 0.239 e. The Balaban J connectivity index is 2.68. The van der Waals surface area contributed by atoms with Crippen LogP contribution in [-0.4, -0.2) is 43.4 Å². The van der Waals surface area contributed by atoms with Gasteiger partial charge in [0.1, 0.15) is 0 Å². The molecule has 0 spiro atoms. The number of hydrogen-bond acceptors (Lipinski definition) is 3. The van der Waals surface area contributed by atoms with Crippen molar-refractivity contribution in [2.45, 2.75) is 32.6 Å². The summed E-state index contributed by atoms with van der Waals surface area (Å²) < 4.78 is 0. The van der Waals surface area contributed by atoms with Crippen molar-refractivity contribution >= 4 is 11.8 Å². The molecule has 1 fully saturated rings. The van der Waals surface area contributed by atoms with Crippen LogP contribution < -0.4 is 11.1 Å². The summed E-state index contributed by atoms with van der Waals surface area (Å²) >= 11 is 0. The van der Waals surface area contributed by atoms with E-state index in [4.69, 9.17) is 5.73 Å². The second-order valence-corrected chi connectivity index (χ2v) is 4.74. The standard InChI is InChI=1S/C12H23N3O2/c1-3-7-15(8-10(16)14-2)11(17)12(9-13)5-4-6-12/h3-9,13H2,1-2H3,(H,14,16). The third-order valence-corrected chi connectivity index (χ3v) is 3.55. The van der Waals surface area contributed by atoms with Crippen molar-refractivity contribution in [3.63, 3.8) is 0 Å². The Morgan fingerprint density at radius 3 is 2.41 bits per heavy atom. The van der Waals surface area contributed by atoms with E-state index in [2.05, 4.69) is 5.32 Å². The highest BCUT2D eigenvalue weighted by Crippen LogP contribution is 2.41. The molecule has 3 N–H and O–H groups in total. The fraction of sp³-hybridized carbons (Fsp3) is 0.833. The SMILES string of the molecule is CCCN(CC(=O)NC)C(=O)C1(CN)CCC1. The zero-order chi connectivity index (χ0) is 12.9. The summed E-state index contributed by atoms with van der Waals surface area (Å²) in [5.41, 5.74) is 5.33. The molecule has 0 atom stereocenters. The summed E-state index contributed by atoms with van der Waals surface area (Å²) in [6, 6.07) is 0. The maximum absolute atomic E-state index is 12.4. The van der Waals surface area contributed by atoms with Gasteiger partial charge in [-0.25, -0.2) is 0 Å². The number of nitrogens with one attached hydrogen (secondary N) is 1. The Bertz CT molecular complexity index is 282. The van der Waals surface area contributed by atoms with Crippen LogP contribution in [0.4, 0.5) is 0 Å². The number of nitrogens with zero attached hydrogens (tertiary/aromatic N) is 1. The zero-order valence-electron chi connectivity index (χ0n) is 10.8. The summed E-state index contributed by atoms with van der Waals surface area (Å²) in [4.78, 5) is 25.4. The molecule has 2 amide bonds. The zero-order valence-corrected chi connectivity index (χ0v) is 10.8. The molecule has 0 heterocycles. The van der Waals surface area contributed by atoms with E-state index in [0.29, 0.717) is 13.1 Å². The predicted molar refractivity (Wildman–Crippen MR) is 66.3 cm³/mol. The van der Waals surface area contributed by atoms with Crippen LogP contribution in [0.5, 0.6) is 0 Å². The molecule has 98 valence electrons. The molecular formula is C12H23N3O2. The first-order chi connectivity index (χ1) is 8.09.